The van der Waals surface area contributed by atoms with Crippen LogP contribution in [0.15, 0.2) is 70.5 Å². The van der Waals surface area contributed by atoms with Crippen LogP contribution in [0.3, 0.4) is 0 Å². The molecule has 0 aliphatic heterocycles. The molecule has 3 rings (SSSR count). The van der Waals surface area contributed by atoms with Crippen LogP contribution in [0.1, 0.15) is 11.1 Å². The molecular formula is C18H15ClN2OS. The molecule has 3 aromatic rings. The Morgan fingerprint density at radius 1 is 1.09 bits per heavy atom. The second-order valence-corrected chi connectivity index (χ2v) is 6.50. The molecule has 3 nitrogen and oxygen atoms in total. The van der Waals surface area contributed by atoms with E-state index in [9.17, 15) is 4.79 Å². The number of aromatic nitrogens is 2. The molecule has 0 atom stereocenters. The standard InChI is InChI=1S/C18H15ClN2OS/c1-13-7-5-6-10-15(13)21-18(22)17(19)16(11-20-21)23-12-14-8-3-2-4-9-14/h2-11H,12H2,1H3. The average molecular weight is 343 g/mol. The Morgan fingerprint density at radius 2 is 1.78 bits per heavy atom. The Morgan fingerprint density at radius 3 is 2.52 bits per heavy atom. The zero-order valence-electron chi connectivity index (χ0n) is 12.6. The summed E-state index contributed by atoms with van der Waals surface area (Å²) in [5, 5.41) is 4.49. The summed E-state index contributed by atoms with van der Waals surface area (Å²) in [7, 11) is 0. The molecule has 0 unspecified atom stereocenters. The Hall–Kier alpha value is -2.04. The molecule has 5 heteroatoms. The molecule has 2 aromatic carbocycles. The van der Waals surface area contributed by atoms with E-state index < -0.39 is 0 Å². The summed E-state index contributed by atoms with van der Waals surface area (Å²) in [5.41, 5.74) is 2.61. The van der Waals surface area contributed by atoms with E-state index in [0.717, 1.165) is 17.0 Å². The van der Waals surface area contributed by atoms with Crippen LogP contribution in [0, 0.1) is 6.92 Å². The first-order chi connectivity index (χ1) is 11.2. The van der Waals surface area contributed by atoms with Gasteiger partial charge in [0.15, 0.2) is 0 Å². The minimum absolute atomic E-state index is 0.212. The number of para-hydroxylation sites is 1. The maximum absolute atomic E-state index is 12.5. The zero-order valence-corrected chi connectivity index (χ0v) is 14.1. The smallest absolute Gasteiger partial charge is 0.266 e. The van der Waals surface area contributed by atoms with Crippen molar-refractivity contribution in [3.63, 3.8) is 0 Å². The van der Waals surface area contributed by atoms with E-state index in [2.05, 4.69) is 5.10 Å². The highest BCUT2D eigenvalue weighted by molar-refractivity contribution is 7.98. The van der Waals surface area contributed by atoms with Gasteiger partial charge >= 0.3 is 0 Å². The van der Waals surface area contributed by atoms with Crippen molar-refractivity contribution < 1.29 is 0 Å². The number of hydrogen-bond acceptors (Lipinski definition) is 3. The van der Waals surface area contributed by atoms with Crippen molar-refractivity contribution in [1.29, 1.82) is 0 Å². The zero-order chi connectivity index (χ0) is 16.2. The van der Waals surface area contributed by atoms with Gasteiger partial charge in [0.05, 0.1) is 16.8 Å². The Bertz CT molecular complexity index is 878. The number of benzene rings is 2. The molecule has 0 fully saturated rings. The van der Waals surface area contributed by atoms with Crippen LogP contribution < -0.4 is 5.56 Å². The molecule has 0 amide bonds. The lowest BCUT2D eigenvalue weighted by Crippen LogP contribution is -2.22. The van der Waals surface area contributed by atoms with Gasteiger partial charge in [-0.1, -0.05) is 60.1 Å². The van der Waals surface area contributed by atoms with Crippen molar-refractivity contribution in [3.05, 3.63) is 87.3 Å². The highest BCUT2D eigenvalue weighted by Crippen LogP contribution is 2.27. The van der Waals surface area contributed by atoms with E-state index in [1.54, 1.807) is 6.20 Å². The van der Waals surface area contributed by atoms with Gasteiger partial charge < -0.3 is 0 Å². The summed E-state index contributed by atoms with van der Waals surface area (Å²) in [6.07, 6.45) is 1.66. The number of hydrogen-bond donors (Lipinski definition) is 0. The quantitative estimate of drug-likeness (QED) is 0.655. The highest BCUT2D eigenvalue weighted by Gasteiger charge is 2.12. The van der Waals surface area contributed by atoms with Crippen LogP contribution in [-0.4, -0.2) is 9.78 Å². The molecule has 0 aliphatic rings. The average Bonchev–Trinajstić information content (AvgIpc) is 2.58. The molecule has 0 saturated heterocycles. The summed E-state index contributed by atoms with van der Waals surface area (Å²) in [6, 6.07) is 17.7. The summed E-state index contributed by atoms with van der Waals surface area (Å²) in [4.78, 5) is 13.2. The van der Waals surface area contributed by atoms with Crippen molar-refractivity contribution in [2.75, 3.05) is 0 Å². The largest absolute Gasteiger partial charge is 0.291 e. The van der Waals surface area contributed by atoms with Crippen molar-refractivity contribution >= 4 is 23.4 Å². The monoisotopic (exact) mass is 342 g/mol. The van der Waals surface area contributed by atoms with E-state index in [0.29, 0.717) is 4.90 Å². The third-order valence-electron chi connectivity index (χ3n) is 3.47. The van der Waals surface area contributed by atoms with Gasteiger partial charge in [0.1, 0.15) is 5.02 Å². The fourth-order valence-electron chi connectivity index (χ4n) is 2.23. The summed E-state index contributed by atoms with van der Waals surface area (Å²) >= 11 is 7.79. The van der Waals surface area contributed by atoms with Gasteiger partial charge in [-0.2, -0.15) is 9.78 Å². The molecule has 116 valence electrons. The fourth-order valence-corrected chi connectivity index (χ4v) is 3.37. The van der Waals surface area contributed by atoms with Gasteiger partial charge in [-0.25, -0.2) is 0 Å². The van der Waals surface area contributed by atoms with Gasteiger partial charge in [0.2, 0.25) is 0 Å². The third-order valence-corrected chi connectivity index (χ3v) is 5.04. The number of halogens is 1. The first-order valence-electron chi connectivity index (χ1n) is 7.17. The van der Waals surface area contributed by atoms with Gasteiger partial charge in [0, 0.05) is 5.75 Å². The summed E-state index contributed by atoms with van der Waals surface area (Å²) in [5.74, 6) is 0.746. The first-order valence-corrected chi connectivity index (χ1v) is 8.54. The van der Waals surface area contributed by atoms with Crippen LogP contribution in [0.4, 0.5) is 0 Å². The lowest BCUT2D eigenvalue weighted by molar-refractivity contribution is 0.786. The van der Waals surface area contributed by atoms with E-state index in [1.807, 2.05) is 61.5 Å². The molecule has 1 heterocycles. The molecule has 0 aliphatic carbocycles. The Labute approximate surface area is 143 Å². The van der Waals surface area contributed by atoms with Crippen molar-refractivity contribution in [3.8, 4) is 5.69 Å². The molecular weight excluding hydrogens is 328 g/mol. The highest BCUT2D eigenvalue weighted by atomic mass is 35.5. The van der Waals surface area contributed by atoms with E-state index in [4.69, 9.17) is 11.6 Å². The van der Waals surface area contributed by atoms with Crippen molar-refractivity contribution in [1.82, 2.24) is 9.78 Å². The fraction of sp³-hybridized carbons (Fsp3) is 0.111. The van der Waals surface area contributed by atoms with Gasteiger partial charge in [-0.05, 0) is 24.1 Å². The second kappa shape index (κ2) is 7.02. The van der Waals surface area contributed by atoms with E-state index >= 15 is 0 Å². The maximum atomic E-state index is 12.5. The van der Waals surface area contributed by atoms with Gasteiger partial charge in [0.25, 0.3) is 5.56 Å². The topological polar surface area (TPSA) is 34.9 Å². The maximum Gasteiger partial charge on any atom is 0.291 e. The SMILES string of the molecule is Cc1ccccc1-n1ncc(SCc2ccccc2)c(Cl)c1=O. The number of rotatable bonds is 4. The first kappa shape index (κ1) is 15.8. The van der Waals surface area contributed by atoms with Crippen LogP contribution >= 0.6 is 23.4 Å². The number of nitrogens with zero attached hydrogens (tertiary/aromatic N) is 2. The minimum atomic E-state index is -0.293. The molecule has 0 spiro atoms. The van der Waals surface area contributed by atoms with Crippen molar-refractivity contribution in [2.45, 2.75) is 17.6 Å². The Balaban J connectivity index is 1.89. The van der Waals surface area contributed by atoms with Crippen LogP contribution in [0.25, 0.3) is 5.69 Å². The normalized spacial score (nSPS) is 10.7. The molecule has 23 heavy (non-hydrogen) atoms. The van der Waals surface area contributed by atoms with Crippen LogP contribution in [-0.2, 0) is 5.75 Å². The lowest BCUT2D eigenvalue weighted by atomic mass is 10.2. The van der Waals surface area contributed by atoms with Crippen LogP contribution in [0.2, 0.25) is 5.02 Å². The number of aryl methyl sites for hydroxylation is 1. The predicted octanol–water partition coefficient (Wildman–Crippen LogP) is 4.49. The molecule has 0 radical (unpaired) electrons. The van der Waals surface area contributed by atoms with Crippen molar-refractivity contribution in [2.24, 2.45) is 0 Å². The van der Waals surface area contributed by atoms with Crippen LogP contribution in [0.5, 0.6) is 0 Å². The summed E-state index contributed by atoms with van der Waals surface area (Å²) in [6.45, 7) is 1.94. The molecule has 1 aromatic heterocycles. The number of thioether (sulfide) groups is 1. The minimum Gasteiger partial charge on any atom is -0.266 e. The van der Waals surface area contributed by atoms with Gasteiger partial charge in [-0.15, -0.1) is 11.8 Å². The second-order valence-electron chi connectivity index (χ2n) is 5.10. The molecule has 0 N–H and O–H groups in total. The van der Waals surface area contributed by atoms with E-state index in [-0.39, 0.29) is 10.6 Å². The molecule has 0 saturated carbocycles. The lowest BCUT2D eigenvalue weighted by Gasteiger charge is -2.10. The molecule has 0 bridgehead atoms. The third kappa shape index (κ3) is 3.49. The summed E-state index contributed by atoms with van der Waals surface area (Å²) < 4.78 is 1.35. The van der Waals surface area contributed by atoms with Gasteiger partial charge in [-0.3, -0.25) is 4.79 Å². The predicted molar refractivity (Wildman–Crippen MR) is 95.6 cm³/mol. The van der Waals surface area contributed by atoms with E-state index in [1.165, 1.54) is 22.0 Å². The Kier molecular flexibility index (Phi) is 4.84.